The molecular formula is C23H16BrClFNO2. The minimum Gasteiger partial charge on any atom is -0.493 e. The molecule has 0 saturated heterocycles. The molecule has 0 bridgehead atoms. The van der Waals surface area contributed by atoms with Crippen molar-refractivity contribution in [2.45, 2.75) is 6.61 Å². The number of benzene rings is 3. The third-order valence-corrected chi connectivity index (χ3v) is 4.98. The fourth-order valence-corrected chi connectivity index (χ4v) is 3.38. The third-order valence-electron chi connectivity index (χ3n) is 4.13. The van der Waals surface area contributed by atoms with Crippen molar-refractivity contribution in [2.75, 3.05) is 7.11 Å². The van der Waals surface area contributed by atoms with Crippen LogP contribution in [0.2, 0.25) is 5.02 Å². The van der Waals surface area contributed by atoms with E-state index >= 15 is 0 Å². The van der Waals surface area contributed by atoms with E-state index in [1.807, 2.05) is 6.07 Å². The first-order chi connectivity index (χ1) is 14.0. The highest BCUT2D eigenvalue weighted by atomic mass is 79.9. The largest absolute Gasteiger partial charge is 0.493 e. The van der Waals surface area contributed by atoms with E-state index < -0.39 is 0 Å². The molecule has 0 aliphatic heterocycles. The molecule has 0 radical (unpaired) electrons. The molecule has 0 heterocycles. The number of nitriles is 1. The van der Waals surface area contributed by atoms with Gasteiger partial charge in [0.15, 0.2) is 11.5 Å². The van der Waals surface area contributed by atoms with Crippen LogP contribution in [0.25, 0.3) is 11.6 Å². The van der Waals surface area contributed by atoms with Crippen LogP contribution in [0.3, 0.4) is 0 Å². The van der Waals surface area contributed by atoms with Crippen LogP contribution in [-0.2, 0) is 6.61 Å². The minimum atomic E-state index is -0.294. The number of hydrogen-bond acceptors (Lipinski definition) is 3. The average molecular weight is 473 g/mol. The Morgan fingerprint density at radius 1 is 1.14 bits per heavy atom. The lowest BCUT2D eigenvalue weighted by Crippen LogP contribution is -1.99. The molecule has 6 heteroatoms. The summed E-state index contributed by atoms with van der Waals surface area (Å²) in [6, 6.07) is 19.0. The van der Waals surface area contributed by atoms with Gasteiger partial charge >= 0.3 is 0 Å². The fraction of sp³-hybridized carbons (Fsp3) is 0.0870. The van der Waals surface area contributed by atoms with Crippen LogP contribution >= 0.6 is 27.5 Å². The second-order valence-corrected chi connectivity index (χ2v) is 7.42. The number of halogens is 3. The van der Waals surface area contributed by atoms with E-state index in [0.29, 0.717) is 26.6 Å². The lowest BCUT2D eigenvalue weighted by atomic mass is 10.0. The number of rotatable bonds is 6. The predicted octanol–water partition coefficient (Wildman–Crippen LogP) is 6.89. The van der Waals surface area contributed by atoms with Gasteiger partial charge in [0.25, 0.3) is 0 Å². The molecule has 0 aliphatic carbocycles. The topological polar surface area (TPSA) is 42.2 Å². The van der Waals surface area contributed by atoms with Gasteiger partial charge in [-0.15, -0.1) is 0 Å². The van der Waals surface area contributed by atoms with E-state index in [0.717, 1.165) is 16.7 Å². The summed E-state index contributed by atoms with van der Waals surface area (Å²) in [6.45, 7) is 0.263. The van der Waals surface area contributed by atoms with Gasteiger partial charge in [-0.1, -0.05) is 35.9 Å². The molecule has 146 valence electrons. The van der Waals surface area contributed by atoms with E-state index in [1.54, 1.807) is 55.7 Å². The molecule has 0 unspecified atom stereocenters. The number of methoxy groups -OCH3 is 1. The van der Waals surface area contributed by atoms with Crippen molar-refractivity contribution < 1.29 is 13.9 Å². The maximum Gasteiger partial charge on any atom is 0.175 e. The van der Waals surface area contributed by atoms with Crippen molar-refractivity contribution in [3.05, 3.63) is 92.7 Å². The zero-order valence-corrected chi connectivity index (χ0v) is 17.8. The summed E-state index contributed by atoms with van der Waals surface area (Å²) in [5.74, 6) is 0.748. The van der Waals surface area contributed by atoms with Gasteiger partial charge in [-0.2, -0.15) is 5.26 Å². The van der Waals surface area contributed by atoms with Crippen LogP contribution in [0.4, 0.5) is 4.39 Å². The Bertz CT molecular complexity index is 1070. The van der Waals surface area contributed by atoms with Crippen molar-refractivity contribution >= 4 is 39.2 Å². The number of nitrogens with zero attached hydrogens (tertiary/aromatic N) is 1. The SMILES string of the molecule is COc1cc(/C=C(\C#N)c2ccc(Cl)cc2)cc(Br)c1OCc1ccc(F)cc1. The van der Waals surface area contributed by atoms with Crippen molar-refractivity contribution in [2.24, 2.45) is 0 Å². The highest BCUT2D eigenvalue weighted by Gasteiger charge is 2.12. The molecule has 3 nitrogen and oxygen atoms in total. The molecule has 0 saturated carbocycles. The summed E-state index contributed by atoms with van der Waals surface area (Å²) in [5.41, 5.74) is 2.87. The van der Waals surface area contributed by atoms with Gasteiger partial charge in [0.2, 0.25) is 0 Å². The van der Waals surface area contributed by atoms with E-state index in [-0.39, 0.29) is 12.4 Å². The third kappa shape index (κ3) is 5.38. The highest BCUT2D eigenvalue weighted by Crippen LogP contribution is 2.38. The van der Waals surface area contributed by atoms with Gasteiger partial charge in [-0.25, -0.2) is 4.39 Å². The summed E-state index contributed by atoms with van der Waals surface area (Å²) in [4.78, 5) is 0. The molecule has 0 spiro atoms. The Morgan fingerprint density at radius 2 is 1.83 bits per heavy atom. The second kappa shape index (κ2) is 9.60. The molecule has 0 amide bonds. The number of allylic oxidation sites excluding steroid dienone is 1. The summed E-state index contributed by atoms with van der Waals surface area (Å²) < 4.78 is 25.1. The monoisotopic (exact) mass is 471 g/mol. The first-order valence-electron chi connectivity index (χ1n) is 8.62. The minimum absolute atomic E-state index is 0.263. The zero-order valence-electron chi connectivity index (χ0n) is 15.5. The summed E-state index contributed by atoms with van der Waals surface area (Å²) in [7, 11) is 1.55. The quantitative estimate of drug-likeness (QED) is 0.290. The van der Waals surface area contributed by atoms with Crippen LogP contribution in [-0.4, -0.2) is 7.11 Å². The fourth-order valence-electron chi connectivity index (χ4n) is 2.68. The lowest BCUT2D eigenvalue weighted by Gasteiger charge is -2.14. The van der Waals surface area contributed by atoms with Gasteiger partial charge in [-0.3, -0.25) is 0 Å². The van der Waals surface area contributed by atoms with Crippen LogP contribution in [0.5, 0.6) is 11.5 Å². The standard InChI is InChI=1S/C23H16BrClFNO2/c1-28-22-12-16(10-18(13-27)17-4-6-19(25)7-5-17)11-21(24)23(22)29-14-15-2-8-20(26)9-3-15/h2-12H,14H2,1H3/b18-10+. The van der Waals surface area contributed by atoms with Crippen molar-refractivity contribution in [1.82, 2.24) is 0 Å². The van der Waals surface area contributed by atoms with E-state index in [2.05, 4.69) is 22.0 Å². The second-order valence-electron chi connectivity index (χ2n) is 6.13. The summed E-state index contributed by atoms with van der Waals surface area (Å²) >= 11 is 9.43. The van der Waals surface area contributed by atoms with E-state index in [1.165, 1.54) is 12.1 Å². The molecule has 0 N–H and O–H groups in total. The first-order valence-corrected chi connectivity index (χ1v) is 9.80. The predicted molar refractivity (Wildman–Crippen MR) is 116 cm³/mol. The summed E-state index contributed by atoms with van der Waals surface area (Å²) in [6.07, 6.45) is 1.76. The number of ether oxygens (including phenoxy) is 2. The Labute approximate surface area is 182 Å². The maximum absolute atomic E-state index is 13.0. The molecule has 0 atom stereocenters. The molecule has 0 aliphatic rings. The Kier molecular flexibility index (Phi) is 6.92. The van der Waals surface area contributed by atoms with E-state index in [4.69, 9.17) is 21.1 Å². The van der Waals surface area contributed by atoms with E-state index in [9.17, 15) is 9.65 Å². The molecule has 29 heavy (non-hydrogen) atoms. The van der Waals surface area contributed by atoms with Gasteiger partial charge in [0, 0.05) is 5.02 Å². The Hall–Kier alpha value is -2.81. The van der Waals surface area contributed by atoms with Crippen LogP contribution < -0.4 is 9.47 Å². The van der Waals surface area contributed by atoms with Crippen molar-refractivity contribution in [3.63, 3.8) is 0 Å². The highest BCUT2D eigenvalue weighted by molar-refractivity contribution is 9.10. The van der Waals surface area contributed by atoms with Gasteiger partial charge in [0.1, 0.15) is 12.4 Å². The average Bonchev–Trinajstić information content (AvgIpc) is 2.72. The summed E-state index contributed by atoms with van der Waals surface area (Å²) in [5, 5.41) is 10.2. The van der Waals surface area contributed by atoms with Crippen LogP contribution in [0, 0.1) is 17.1 Å². The van der Waals surface area contributed by atoms with Crippen LogP contribution in [0.1, 0.15) is 16.7 Å². The van der Waals surface area contributed by atoms with Crippen molar-refractivity contribution in [3.8, 4) is 17.6 Å². The molecule has 0 aromatic heterocycles. The molecule has 3 rings (SSSR count). The smallest absolute Gasteiger partial charge is 0.175 e. The first kappa shape index (κ1) is 20.9. The lowest BCUT2D eigenvalue weighted by molar-refractivity contribution is 0.282. The molecule has 3 aromatic rings. The normalized spacial score (nSPS) is 11.1. The van der Waals surface area contributed by atoms with Gasteiger partial charge in [-0.05, 0) is 75.1 Å². The van der Waals surface area contributed by atoms with Crippen molar-refractivity contribution in [1.29, 1.82) is 5.26 Å². The molecule has 0 fully saturated rings. The maximum atomic E-state index is 13.0. The van der Waals surface area contributed by atoms with Gasteiger partial charge < -0.3 is 9.47 Å². The van der Waals surface area contributed by atoms with Crippen LogP contribution in [0.15, 0.2) is 65.1 Å². The molecular weight excluding hydrogens is 457 g/mol. The number of hydrogen-bond donors (Lipinski definition) is 0. The Morgan fingerprint density at radius 3 is 2.45 bits per heavy atom. The van der Waals surface area contributed by atoms with Gasteiger partial charge in [0.05, 0.1) is 23.2 Å². The zero-order chi connectivity index (χ0) is 20.8. The molecule has 3 aromatic carbocycles. The Balaban J connectivity index is 1.88.